The van der Waals surface area contributed by atoms with Crippen molar-refractivity contribution in [3.05, 3.63) is 47.7 Å². The number of hydrogen-bond acceptors (Lipinski definition) is 5. The molecule has 1 atom stereocenters. The third-order valence-electron chi connectivity index (χ3n) is 2.95. The molecule has 6 nitrogen and oxygen atoms in total. The van der Waals surface area contributed by atoms with Crippen LogP contribution in [0.15, 0.2) is 39.9 Å². The van der Waals surface area contributed by atoms with Crippen molar-refractivity contribution in [3.8, 4) is 0 Å². The molecular weight excluding hydrogens is 278 g/mol. The summed E-state index contributed by atoms with van der Waals surface area (Å²) in [5.74, 6) is 0.777. The van der Waals surface area contributed by atoms with E-state index in [0.29, 0.717) is 11.5 Å². The van der Waals surface area contributed by atoms with Crippen LogP contribution < -0.4 is 10.5 Å². The lowest BCUT2D eigenvalue weighted by Crippen LogP contribution is -2.27. The highest BCUT2D eigenvalue weighted by atomic mass is 32.2. The normalized spacial score (nSPS) is 13.3. The molecule has 0 aromatic carbocycles. The van der Waals surface area contributed by atoms with E-state index in [1.165, 1.54) is 6.07 Å². The minimum atomic E-state index is -3.65. The second-order valence-electron chi connectivity index (χ2n) is 4.46. The second-order valence-corrected chi connectivity index (χ2v) is 6.14. The molecule has 108 valence electrons. The Hall–Kier alpha value is -1.70. The smallest absolute Gasteiger partial charge is 0.244 e. The minimum Gasteiger partial charge on any atom is -0.464 e. The highest BCUT2D eigenvalue weighted by Gasteiger charge is 2.23. The number of hydrogen-bond donors (Lipinski definition) is 2. The molecule has 2 aromatic heterocycles. The number of nitrogens with two attached hydrogens (primary N) is 1. The number of furan rings is 1. The van der Waals surface area contributed by atoms with Crippen LogP contribution in [-0.4, -0.2) is 13.4 Å². The molecule has 0 bridgehead atoms. The molecule has 0 aliphatic heterocycles. The number of nitrogens with zero attached hydrogens (tertiary/aromatic N) is 1. The van der Waals surface area contributed by atoms with E-state index in [1.807, 2.05) is 0 Å². The predicted molar refractivity (Wildman–Crippen MR) is 74.3 cm³/mol. The summed E-state index contributed by atoms with van der Waals surface area (Å²) in [5, 5.41) is 0. The minimum absolute atomic E-state index is 0.124. The lowest BCUT2D eigenvalue weighted by atomic mass is 10.1. The number of aryl methyl sites for hydroxylation is 1. The molecule has 7 heteroatoms. The van der Waals surface area contributed by atoms with Gasteiger partial charge in [0, 0.05) is 24.5 Å². The molecule has 2 aromatic rings. The molecule has 0 saturated heterocycles. The van der Waals surface area contributed by atoms with Crippen molar-refractivity contribution in [1.82, 2.24) is 9.71 Å². The molecule has 0 radical (unpaired) electrons. The van der Waals surface area contributed by atoms with Gasteiger partial charge < -0.3 is 10.2 Å². The first-order valence-electron chi connectivity index (χ1n) is 6.15. The van der Waals surface area contributed by atoms with Crippen LogP contribution in [0.25, 0.3) is 0 Å². The van der Waals surface area contributed by atoms with Crippen LogP contribution in [0.5, 0.6) is 0 Å². The van der Waals surface area contributed by atoms with Crippen LogP contribution >= 0.6 is 0 Å². The fourth-order valence-electron chi connectivity index (χ4n) is 1.91. The van der Waals surface area contributed by atoms with E-state index in [4.69, 9.17) is 10.2 Å². The Morgan fingerprint density at radius 3 is 2.60 bits per heavy atom. The third kappa shape index (κ3) is 3.06. The van der Waals surface area contributed by atoms with Crippen molar-refractivity contribution < 1.29 is 12.8 Å². The summed E-state index contributed by atoms with van der Waals surface area (Å²) in [6.45, 7) is 3.53. The molecule has 0 aliphatic rings. The molecule has 0 saturated carbocycles. The maximum atomic E-state index is 12.3. The van der Waals surface area contributed by atoms with Gasteiger partial charge in [-0.05, 0) is 31.5 Å². The molecule has 1 unspecified atom stereocenters. The van der Waals surface area contributed by atoms with E-state index in [2.05, 4.69) is 9.71 Å². The van der Waals surface area contributed by atoms with Crippen molar-refractivity contribution in [2.45, 2.75) is 31.3 Å². The predicted octanol–water partition coefficient (Wildman–Crippen LogP) is 1.48. The van der Waals surface area contributed by atoms with Crippen LogP contribution in [0.3, 0.4) is 0 Å². The van der Waals surface area contributed by atoms with Gasteiger partial charge in [0.25, 0.3) is 0 Å². The number of pyridine rings is 1. The molecule has 0 spiro atoms. The topological polar surface area (TPSA) is 98.2 Å². The Kier molecular flexibility index (Phi) is 4.22. The van der Waals surface area contributed by atoms with E-state index >= 15 is 0 Å². The second kappa shape index (κ2) is 5.74. The summed E-state index contributed by atoms with van der Waals surface area (Å²) in [7, 11) is -3.65. The fourth-order valence-corrected chi connectivity index (χ4v) is 3.34. The Labute approximate surface area is 118 Å². The van der Waals surface area contributed by atoms with E-state index in [-0.39, 0.29) is 17.5 Å². The van der Waals surface area contributed by atoms with Gasteiger partial charge in [0.2, 0.25) is 10.0 Å². The zero-order valence-corrected chi connectivity index (χ0v) is 12.1. The number of aromatic nitrogens is 1. The lowest BCUT2D eigenvalue weighted by molar-refractivity contribution is 0.478. The maximum absolute atomic E-state index is 12.3. The Balaban J connectivity index is 2.25. The molecule has 0 aliphatic carbocycles. The molecular formula is C13H17N3O3S. The van der Waals surface area contributed by atoms with Crippen molar-refractivity contribution in [2.24, 2.45) is 5.73 Å². The average Bonchev–Trinajstić information content (AvgIpc) is 2.81. The fraction of sp³-hybridized carbons (Fsp3) is 0.308. The van der Waals surface area contributed by atoms with E-state index in [1.54, 1.807) is 38.4 Å². The van der Waals surface area contributed by atoms with Crippen LogP contribution in [0.4, 0.5) is 0 Å². The van der Waals surface area contributed by atoms with Crippen LogP contribution in [0, 0.1) is 6.92 Å². The number of nitrogens with one attached hydrogen (secondary N) is 1. The number of sulfonamides is 1. The van der Waals surface area contributed by atoms with E-state index < -0.39 is 10.0 Å². The third-order valence-corrected chi connectivity index (χ3v) is 4.60. The number of rotatable bonds is 5. The van der Waals surface area contributed by atoms with Crippen molar-refractivity contribution >= 4 is 10.0 Å². The maximum Gasteiger partial charge on any atom is 0.244 e. The van der Waals surface area contributed by atoms with Gasteiger partial charge in [-0.2, -0.15) is 0 Å². The molecule has 2 rings (SSSR count). The molecule has 0 fully saturated rings. The average molecular weight is 295 g/mol. The zero-order valence-electron chi connectivity index (χ0n) is 11.3. The molecule has 0 amide bonds. The monoisotopic (exact) mass is 295 g/mol. The van der Waals surface area contributed by atoms with Crippen LogP contribution in [0.1, 0.15) is 30.0 Å². The van der Waals surface area contributed by atoms with E-state index in [0.717, 1.165) is 5.56 Å². The van der Waals surface area contributed by atoms with Gasteiger partial charge in [-0.15, -0.1) is 0 Å². The first-order chi connectivity index (χ1) is 9.44. The molecule has 2 heterocycles. The summed E-state index contributed by atoms with van der Waals surface area (Å²) in [6, 6.07) is 4.62. The van der Waals surface area contributed by atoms with Crippen LogP contribution in [-0.2, 0) is 16.6 Å². The van der Waals surface area contributed by atoms with E-state index in [9.17, 15) is 8.42 Å². The van der Waals surface area contributed by atoms with Gasteiger partial charge in [-0.3, -0.25) is 4.98 Å². The first kappa shape index (κ1) is 14.7. The van der Waals surface area contributed by atoms with Crippen molar-refractivity contribution in [3.63, 3.8) is 0 Å². The quantitative estimate of drug-likeness (QED) is 0.870. The highest BCUT2D eigenvalue weighted by molar-refractivity contribution is 7.89. The zero-order chi connectivity index (χ0) is 14.8. The van der Waals surface area contributed by atoms with Gasteiger partial charge in [0.1, 0.15) is 16.4 Å². The molecule has 20 heavy (non-hydrogen) atoms. The van der Waals surface area contributed by atoms with Gasteiger partial charge in [0.15, 0.2) is 0 Å². The highest BCUT2D eigenvalue weighted by Crippen LogP contribution is 2.22. The van der Waals surface area contributed by atoms with Gasteiger partial charge in [0.05, 0.1) is 6.54 Å². The Morgan fingerprint density at radius 2 is 2.05 bits per heavy atom. The van der Waals surface area contributed by atoms with Crippen molar-refractivity contribution in [2.75, 3.05) is 0 Å². The SMILES string of the molecule is Cc1oc(CN)cc1S(=O)(=O)NC(C)c1ccncc1. The molecule has 3 N–H and O–H groups in total. The van der Waals surface area contributed by atoms with Gasteiger partial charge >= 0.3 is 0 Å². The first-order valence-corrected chi connectivity index (χ1v) is 7.64. The summed E-state index contributed by atoms with van der Waals surface area (Å²) >= 11 is 0. The standard InChI is InChI=1S/C13H17N3O3S/c1-9(11-3-5-15-6-4-11)16-20(17,18)13-7-12(8-14)19-10(13)2/h3-7,9,16H,8,14H2,1-2H3. The summed E-state index contributed by atoms with van der Waals surface area (Å²) in [6.07, 6.45) is 3.24. The van der Waals surface area contributed by atoms with Crippen LogP contribution in [0.2, 0.25) is 0 Å². The Morgan fingerprint density at radius 1 is 1.40 bits per heavy atom. The van der Waals surface area contributed by atoms with Gasteiger partial charge in [-0.1, -0.05) is 0 Å². The summed E-state index contributed by atoms with van der Waals surface area (Å²) < 4.78 is 32.6. The Bertz CT molecular complexity index is 680. The van der Waals surface area contributed by atoms with Crippen molar-refractivity contribution in [1.29, 1.82) is 0 Å². The van der Waals surface area contributed by atoms with Gasteiger partial charge in [-0.25, -0.2) is 13.1 Å². The lowest BCUT2D eigenvalue weighted by Gasteiger charge is -2.13. The summed E-state index contributed by atoms with van der Waals surface area (Å²) in [4.78, 5) is 4.03. The largest absolute Gasteiger partial charge is 0.464 e. The summed E-state index contributed by atoms with van der Waals surface area (Å²) in [5.41, 5.74) is 6.29.